The minimum atomic E-state index is -0.511. The second-order valence-corrected chi connectivity index (χ2v) is 9.58. The molecule has 1 saturated heterocycles. The summed E-state index contributed by atoms with van der Waals surface area (Å²) < 4.78 is 6.84. The summed E-state index contributed by atoms with van der Waals surface area (Å²) in [5, 5.41) is 11.8. The van der Waals surface area contributed by atoms with E-state index in [1.807, 2.05) is 0 Å². The summed E-state index contributed by atoms with van der Waals surface area (Å²) in [5.74, 6) is 0.418. The first-order valence-electron chi connectivity index (χ1n) is 8.52. The van der Waals surface area contributed by atoms with Gasteiger partial charge in [-0.05, 0) is 52.3 Å². The third-order valence-electron chi connectivity index (χ3n) is 4.28. The van der Waals surface area contributed by atoms with Crippen molar-refractivity contribution in [1.29, 1.82) is 0 Å². The van der Waals surface area contributed by atoms with Gasteiger partial charge >= 0.3 is 0 Å². The molecule has 11 heteroatoms. The van der Waals surface area contributed by atoms with Crippen molar-refractivity contribution in [2.24, 2.45) is 0 Å². The number of thioether (sulfide) groups is 1. The Balaban J connectivity index is 1.63. The van der Waals surface area contributed by atoms with Gasteiger partial charge in [0, 0.05) is 28.2 Å². The normalized spacial score (nSPS) is 15.2. The molecule has 0 atom stereocenters. The second kappa shape index (κ2) is 8.76. The van der Waals surface area contributed by atoms with Gasteiger partial charge in [0.1, 0.15) is 11.5 Å². The summed E-state index contributed by atoms with van der Waals surface area (Å²) in [6.07, 6.45) is 1.56. The van der Waals surface area contributed by atoms with Gasteiger partial charge in [0.05, 0.1) is 25.6 Å². The summed E-state index contributed by atoms with van der Waals surface area (Å²) in [6.45, 7) is 0. The molecule has 0 aliphatic carbocycles. The maximum Gasteiger partial charge on any atom is 0.270 e. The topological polar surface area (TPSA) is 76.6 Å². The van der Waals surface area contributed by atoms with Crippen molar-refractivity contribution in [1.82, 2.24) is 0 Å². The van der Waals surface area contributed by atoms with E-state index in [-0.39, 0.29) is 11.6 Å². The number of non-ortho nitro benzene ring substituents is 1. The third kappa shape index (κ3) is 4.42. The predicted octanol–water partition coefficient (Wildman–Crippen LogP) is 7.33. The first-order chi connectivity index (χ1) is 14.7. The molecule has 1 aliphatic rings. The molecule has 0 N–H and O–H groups in total. The number of nitro groups is 1. The maximum absolute atomic E-state index is 12.9. The van der Waals surface area contributed by atoms with E-state index in [1.54, 1.807) is 36.4 Å². The quantitative estimate of drug-likeness (QED) is 0.145. The van der Waals surface area contributed by atoms with E-state index in [0.717, 1.165) is 11.8 Å². The Hall–Kier alpha value is -2.17. The molecular weight excluding hydrogens is 547 g/mol. The monoisotopic (exact) mass is 554 g/mol. The number of nitro benzene ring substituents is 1. The lowest BCUT2D eigenvalue weighted by molar-refractivity contribution is -0.384. The van der Waals surface area contributed by atoms with Gasteiger partial charge in [0.2, 0.25) is 0 Å². The van der Waals surface area contributed by atoms with Crippen LogP contribution < -0.4 is 4.90 Å². The van der Waals surface area contributed by atoms with Gasteiger partial charge in [0.25, 0.3) is 11.6 Å². The number of amides is 1. The number of benzene rings is 2. The first kappa shape index (κ1) is 22.0. The zero-order valence-electron chi connectivity index (χ0n) is 15.2. The van der Waals surface area contributed by atoms with Crippen LogP contribution in [-0.4, -0.2) is 15.2 Å². The summed E-state index contributed by atoms with van der Waals surface area (Å²) >= 11 is 22.1. The molecule has 0 bridgehead atoms. The zero-order chi connectivity index (χ0) is 22.3. The number of hydrogen-bond donors (Lipinski definition) is 0. The van der Waals surface area contributed by atoms with Gasteiger partial charge in [-0.3, -0.25) is 19.8 Å². The maximum atomic E-state index is 12.9. The Labute approximate surface area is 204 Å². The Morgan fingerprint density at radius 1 is 1.13 bits per heavy atom. The van der Waals surface area contributed by atoms with E-state index in [0.29, 0.717) is 46.5 Å². The van der Waals surface area contributed by atoms with Crippen LogP contribution >= 0.6 is 63.1 Å². The fourth-order valence-corrected chi connectivity index (χ4v) is 4.75. The SMILES string of the molecule is O=C1/C(=C\c2ccc(-c3cc([N+](=O)[O-])ccc3Cl)o2)SC(=S)N1c1ccc(Br)c(Cl)c1. The average molecular weight is 556 g/mol. The summed E-state index contributed by atoms with van der Waals surface area (Å²) in [4.78, 5) is 25.2. The Morgan fingerprint density at radius 2 is 1.90 bits per heavy atom. The van der Waals surface area contributed by atoms with Crippen LogP contribution in [0.1, 0.15) is 5.76 Å². The van der Waals surface area contributed by atoms with Crippen LogP contribution in [0.5, 0.6) is 0 Å². The highest BCUT2D eigenvalue weighted by Crippen LogP contribution is 2.39. The van der Waals surface area contributed by atoms with E-state index >= 15 is 0 Å². The number of carbonyl (C=O) groups excluding carboxylic acids is 1. The Kier molecular flexibility index (Phi) is 6.23. The summed E-state index contributed by atoms with van der Waals surface area (Å²) in [6, 6.07) is 12.5. The van der Waals surface area contributed by atoms with Crippen molar-refractivity contribution in [2.45, 2.75) is 0 Å². The van der Waals surface area contributed by atoms with Crippen molar-refractivity contribution >= 4 is 90.8 Å². The molecule has 0 saturated carbocycles. The fraction of sp³-hybridized carbons (Fsp3) is 0. The fourth-order valence-electron chi connectivity index (χ4n) is 2.83. The highest BCUT2D eigenvalue weighted by Gasteiger charge is 2.33. The first-order valence-corrected chi connectivity index (χ1v) is 11.3. The van der Waals surface area contributed by atoms with E-state index in [4.69, 9.17) is 39.8 Å². The highest BCUT2D eigenvalue weighted by molar-refractivity contribution is 9.10. The largest absolute Gasteiger partial charge is 0.457 e. The molecule has 156 valence electrons. The minimum Gasteiger partial charge on any atom is -0.457 e. The lowest BCUT2D eigenvalue weighted by Gasteiger charge is -2.15. The molecule has 2 aromatic carbocycles. The number of carbonyl (C=O) groups is 1. The molecule has 6 nitrogen and oxygen atoms in total. The van der Waals surface area contributed by atoms with Crippen molar-refractivity contribution < 1.29 is 14.1 Å². The third-order valence-corrected chi connectivity index (χ3v) is 7.15. The summed E-state index contributed by atoms with van der Waals surface area (Å²) in [7, 11) is 0. The molecule has 0 radical (unpaired) electrons. The molecule has 1 aliphatic heterocycles. The molecule has 0 spiro atoms. The van der Waals surface area contributed by atoms with Crippen LogP contribution in [0.25, 0.3) is 17.4 Å². The molecule has 1 fully saturated rings. The molecule has 4 rings (SSSR count). The van der Waals surface area contributed by atoms with Crippen LogP contribution in [-0.2, 0) is 4.79 Å². The smallest absolute Gasteiger partial charge is 0.270 e. The molecule has 2 heterocycles. The average Bonchev–Trinajstić information content (AvgIpc) is 3.29. The molecule has 0 unspecified atom stereocenters. The van der Waals surface area contributed by atoms with Gasteiger partial charge in [-0.1, -0.05) is 47.2 Å². The number of furan rings is 1. The molecular formula is C20H9BrCl2N2O4S2. The number of nitrogens with zero attached hydrogens (tertiary/aromatic N) is 2. The molecule has 1 aromatic heterocycles. The zero-order valence-corrected chi connectivity index (χ0v) is 19.9. The van der Waals surface area contributed by atoms with Crippen LogP contribution in [0, 0.1) is 10.1 Å². The molecule has 31 heavy (non-hydrogen) atoms. The van der Waals surface area contributed by atoms with Crippen LogP contribution in [0.3, 0.4) is 0 Å². The lowest BCUT2D eigenvalue weighted by atomic mass is 10.1. The molecule has 1 amide bonds. The van der Waals surface area contributed by atoms with Crippen molar-refractivity contribution in [3.63, 3.8) is 0 Å². The minimum absolute atomic E-state index is 0.105. The number of anilines is 1. The number of rotatable bonds is 4. The Morgan fingerprint density at radius 3 is 2.61 bits per heavy atom. The lowest BCUT2D eigenvalue weighted by Crippen LogP contribution is -2.27. The van der Waals surface area contributed by atoms with Gasteiger partial charge in [0.15, 0.2) is 4.32 Å². The van der Waals surface area contributed by atoms with Crippen molar-refractivity contribution in [3.05, 3.63) is 83.8 Å². The van der Waals surface area contributed by atoms with Gasteiger partial charge in [-0.25, -0.2) is 0 Å². The van der Waals surface area contributed by atoms with Crippen LogP contribution in [0.15, 0.2) is 62.3 Å². The van der Waals surface area contributed by atoms with Crippen LogP contribution in [0.4, 0.5) is 11.4 Å². The number of hydrogen-bond acceptors (Lipinski definition) is 6. The van der Waals surface area contributed by atoms with Gasteiger partial charge < -0.3 is 4.42 Å². The predicted molar refractivity (Wildman–Crippen MR) is 131 cm³/mol. The van der Waals surface area contributed by atoms with Crippen molar-refractivity contribution in [2.75, 3.05) is 4.90 Å². The number of thiocarbonyl (C=S) groups is 1. The number of halogens is 3. The second-order valence-electron chi connectivity index (χ2n) is 6.24. The molecule has 3 aromatic rings. The summed E-state index contributed by atoms with van der Waals surface area (Å²) in [5.41, 5.74) is 0.835. The van der Waals surface area contributed by atoms with Crippen LogP contribution in [0.2, 0.25) is 10.0 Å². The van der Waals surface area contributed by atoms with Gasteiger partial charge in [-0.2, -0.15) is 0 Å². The van der Waals surface area contributed by atoms with E-state index < -0.39 is 4.92 Å². The van der Waals surface area contributed by atoms with E-state index in [1.165, 1.54) is 23.1 Å². The van der Waals surface area contributed by atoms with Crippen molar-refractivity contribution in [3.8, 4) is 11.3 Å². The van der Waals surface area contributed by atoms with E-state index in [9.17, 15) is 14.9 Å². The Bertz CT molecular complexity index is 1290. The standard InChI is InChI=1S/C20H9BrCl2N2O4S2/c21-14-4-1-10(8-16(14)23)24-19(26)18(31-20(24)30)9-12-3-6-17(29-12)13-7-11(25(27)28)2-5-15(13)22/h1-9H/b18-9+. The van der Waals surface area contributed by atoms with E-state index in [2.05, 4.69) is 15.9 Å². The van der Waals surface area contributed by atoms with Gasteiger partial charge in [-0.15, -0.1) is 0 Å². The highest BCUT2D eigenvalue weighted by atomic mass is 79.9.